The molecule has 0 spiro atoms. The number of carbonyl (C=O) groups is 1. The highest BCUT2D eigenvalue weighted by atomic mass is 16.2. The molecule has 1 aliphatic rings. The van der Waals surface area contributed by atoms with E-state index in [1.165, 1.54) is 10.2 Å². The van der Waals surface area contributed by atoms with Crippen LogP contribution in [0.3, 0.4) is 0 Å². The largest absolute Gasteiger partial charge is 0.345 e. The predicted molar refractivity (Wildman–Crippen MR) is 77.8 cm³/mol. The van der Waals surface area contributed by atoms with E-state index in [0.29, 0.717) is 31.9 Å². The van der Waals surface area contributed by atoms with Crippen molar-refractivity contribution in [3.05, 3.63) is 51.7 Å². The number of rotatable bonds is 2. The minimum Gasteiger partial charge on any atom is -0.333 e. The molecule has 0 fully saturated rings. The number of aromatic nitrogens is 3. The SMILES string of the molecule is Cc1ccc(CC(=O)N2CCn3c(nn(C)c3=O)C2)cc1. The number of nitrogens with zero attached hydrogens (tertiary/aromatic N) is 4. The molecule has 0 N–H and O–H groups in total. The monoisotopic (exact) mass is 286 g/mol. The van der Waals surface area contributed by atoms with Gasteiger partial charge in [0.15, 0.2) is 5.82 Å². The van der Waals surface area contributed by atoms with E-state index in [1.807, 2.05) is 31.2 Å². The van der Waals surface area contributed by atoms with E-state index in [0.717, 1.165) is 5.56 Å². The Balaban J connectivity index is 1.72. The Bertz CT molecular complexity index is 727. The van der Waals surface area contributed by atoms with Crippen molar-refractivity contribution >= 4 is 5.91 Å². The van der Waals surface area contributed by atoms with Gasteiger partial charge in [-0.05, 0) is 12.5 Å². The van der Waals surface area contributed by atoms with Crippen LogP contribution in [0.15, 0.2) is 29.1 Å². The van der Waals surface area contributed by atoms with Gasteiger partial charge >= 0.3 is 5.69 Å². The lowest BCUT2D eigenvalue weighted by atomic mass is 10.1. The predicted octanol–water partition coefficient (Wildman–Crippen LogP) is 0.475. The molecule has 6 nitrogen and oxygen atoms in total. The Kier molecular flexibility index (Phi) is 3.37. The minimum atomic E-state index is -0.115. The molecule has 2 aromatic rings. The number of benzene rings is 1. The molecule has 6 heteroatoms. The van der Waals surface area contributed by atoms with Crippen LogP contribution in [0.25, 0.3) is 0 Å². The fourth-order valence-electron chi connectivity index (χ4n) is 2.57. The summed E-state index contributed by atoms with van der Waals surface area (Å²) in [6.07, 6.45) is 0.386. The number of fused-ring (bicyclic) bond motifs is 1. The lowest BCUT2D eigenvalue weighted by Gasteiger charge is -2.26. The van der Waals surface area contributed by atoms with Crippen molar-refractivity contribution in [2.45, 2.75) is 26.4 Å². The third-order valence-electron chi connectivity index (χ3n) is 3.84. The maximum atomic E-state index is 12.4. The number of amides is 1. The lowest BCUT2D eigenvalue weighted by molar-refractivity contribution is -0.132. The van der Waals surface area contributed by atoms with Crippen LogP contribution in [0.1, 0.15) is 17.0 Å². The van der Waals surface area contributed by atoms with Crippen LogP contribution < -0.4 is 5.69 Å². The quantitative estimate of drug-likeness (QED) is 0.806. The highest BCUT2D eigenvalue weighted by Crippen LogP contribution is 2.11. The molecule has 21 heavy (non-hydrogen) atoms. The maximum absolute atomic E-state index is 12.4. The van der Waals surface area contributed by atoms with E-state index in [2.05, 4.69) is 5.10 Å². The zero-order valence-electron chi connectivity index (χ0n) is 12.2. The second-order valence-electron chi connectivity index (χ2n) is 5.45. The zero-order chi connectivity index (χ0) is 15.0. The minimum absolute atomic E-state index is 0.0724. The number of hydrogen-bond acceptors (Lipinski definition) is 3. The van der Waals surface area contributed by atoms with E-state index in [9.17, 15) is 9.59 Å². The summed E-state index contributed by atoms with van der Waals surface area (Å²) < 4.78 is 2.96. The molecule has 1 aliphatic heterocycles. The van der Waals surface area contributed by atoms with Gasteiger partial charge in [0, 0.05) is 20.1 Å². The zero-order valence-corrected chi connectivity index (χ0v) is 12.2. The Morgan fingerprint density at radius 1 is 1.24 bits per heavy atom. The first kappa shape index (κ1) is 13.6. The van der Waals surface area contributed by atoms with Crippen molar-refractivity contribution in [1.82, 2.24) is 19.2 Å². The number of hydrogen-bond donors (Lipinski definition) is 0. The van der Waals surface area contributed by atoms with Gasteiger partial charge in [0.1, 0.15) is 0 Å². The smallest absolute Gasteiger partial charge is 0.333 e. The van der Waals surface area contributed by atoms with Crippen LogP contribution in [0.5, 0.6) is 0 Å². The van der Waals surface area contributed by atoms with Gasteiger partial charge in [0.05, 0.1) is 13.0 Å². The third kappa shape index (κ3) is 2.61. The summed E-state index contributed by atoms with van der Waals surface area (Å²) in [5.74, 6) is 0.731. The average molecular weight is 286 g/mol. The van der Waals surface area contributed by atoms with Gasteiger partial charge < -0.3 is 4.90 Å². The van der Waals surface area contributed by atoms with E-state index in [1.54, 1.807) is 16.5 Å². The Morgan fingerprint density at radius 3 is 2.67 bits per heavy atom. The summed E-state index contributed by atoms with van der Waals surface area (Å²) in [6.45, 7) is 3.50. The molecule has 0 atom stereocenters. The summed E-state index contributed by atoms with van der Waals surface area (Å²) in [6, 6.07) is 7.98. The molecule has 1 aromatic carbocycles. The van der Waals surface area contributed by atoms with Crippen molar-refractivity contribution in [3.8, 4) is 0 Å². The Labute approximate surface area is 122 Å². The average Bonchev–Trinajstić information content (AvgIpc) is 2.76. The van der Waals surface area contributed by atoms with Crippen LogP contribution in [0.4, 0.5) is 0 Å². The summed E-state index contributed by atoms with van der Waals surface area (Å²) in [4.78, 5) is 25.9. The molecule has 1 amide bonds. The Hall–Kier alpha value is -2.37. The first-order valence-corrected chi connectivity index (χ1v) is 7.00. The van der Waals surface area contributed by atoms with Crippen molar-refractivity contribution in [3.63, 3.8) is 0 Å². The first-order chi connectivity index (χ1) is 10.0. The summed E-state index contributed by atoms with van der Waals surface area (Å²) >= 11 is 0. The lowest BCUT2D eigenvalue weighted by Crippen LogP contribution is -2.41. The molecule has 0 aliphatic carbocycles. The molecule has 0 unspecified atom stereocenters. The highest BCUT2D eigenvalue weighted by Gasteiger charge is 2.24. The highest BCUT2D eigenvalue weighted by molar-refractivity contribution is 5.78. The summed E-state index contributed by atoms with van der Waals surface area (Å²) in [5.41, 5.74) is 2.08. The fraction of sp³-hybridized carbons (Fsp3) is 0.400. The van der Waals surface area contributed by atoms with Crippen LogP contribution >= 0.6 is 0 Å². The molecule has 0 saturated heterocycles. The second-order valence-corrected chi connectivity index (χ2v) is 5.45. The second kappa shape index (κ2) is 5.20. The molecule has 2 heterocycles. The van der Waals surface area contributed by atoms with Gasteiger partial charge in [-0.3, -0.25) is 9.36 Å². The summed E-state index contributed by atoms with van der Waals surface area (Å²) in [5, 5.41) is 4.18. The number of aryl methyl sites for hydroxylation is 2. The normalized spacial score (nSPS) is 14.1. The Morgan fingerprint density at radius 2 is 1.95 bits per heavy atom. The van der Waals surface area contributed by atoms with Gasteiger partial charge in [-0.2, -0.15) is 5.10 Å². The van der Waals surface area contributed by atoms with E-state index < -0.39 is 0 Å². The van der Waals surface area contributed by atoms with Crippen LogP contribution in [0.2, 0.25) is 0 Å². The molecule has 110 valence electrons. The molecular weight excluding hydrogens is 268 g/mol. The first-order valence-electron chi connectivity index (χ1n) is 7.00. The molecule has 0 saturated carbocycles. The van der Waals surface area contributed by atoms with Crippen LogP contribution in [0, 0.1) is 6.92 Å². The van der Waals surface area contributed by atoms with Gasteiger partial charge in [0.25, 0.3) is 0 Å². The van der Waals surface area contributed by atoms with E-state index in [-0.39, 0.29) is 11.6 Å². The van der Waals surface area contributed by atoms with Crippen molar-refractivity contribution < 1.29 is 4.79 Å². The fourth-order valence-corrected chi connectivity index (χ4v) is 2.57. The van der Waals surface area contributed by atoms with E-state index >= 15 is 0 Å². The maximum Gasteiger partial charge on any atom is 0.345 e. The van der Waals surface area contributed by atoms with Crippen LogP contribution in [-0.4, -0.2) is 31.7 Å². The molecule has 3 rings (SSSR count). The molecule has 0 bridgehead atoms. The van der Waals surface area contributed by atoms with E-state index in [4.69, 9.17) is 0 Å². The van der Waals surface area contributed by atoms with Crippen molar-refractivity contribution in [2.24, 2.45) is 7.05 Å². The molecule has 1 aromatic heterocycles. The standard InChI is InChI=1S/C15H18N4O2/c1-11-3-5-12(6-4-11)9-14(20)18-7-8-19-13(10-18)16-17(2)15(19)21/h3-6H,7-10H2,1-2H3. The molecular formula is C15H18N4O2. The van der Waals surface area contributed by atoms with Gasteiger partial charge in [-0.1, -0.05) is 29.8 Å². The van der Waals surface area contributed by atoms with Gasteiger partial charge in [0.2, 0.25) is 5.91 Å². The number of carbonyl (C=O) groups excluding carboxylic acids is 1. The van der Waals surface area contributed by atoms with Crippen molar-refractivity contribution in [2.75, 3.05) is 6.54 Å². The van der Waals surface area contributed by atoms with Gasteiger partial charge in [-0.25, -0.2) is 9.48 Å². The van der Waals surface area contributed by atoms with Gasteiger partial charge in [-0.15, -0.1) is 0 Å². The van der Waals surface area contributed by atoms with Crippen LogP contribution in [-0.2, 0) is 31.4 Å². The molecule has 0 radical (unpaired) electrons. The third-order valence-corrected chi connectivity index (χ3v) is 3.84. The van der Waals surface area contributed by atoms with Crippen molar-refractivity contribution in [1.29, 1.82) is 0 Å². The topological polar surface area (TPSA) is 60.1 Å². The summed E-state index contributed by atoms with van der Waals surface area (Å²) in [7, 11) is 1.63.